The highest BCUT2D eigenvalue weighted by Crippen LogP contribution is 2.05. The molecule has 0 aliphatic rings. The van der Waals surface area contributed by atoms with E-state index >= 15 is 0 Å². The Balaban J connectivity index is 3.81. The predicted molar refractivity (Wildman–Crippen MR) is 54.8 cm³/mol. The first-order valence-corrected chi connectivity index (χ1v) is 4.53. The average molecular weight is 224 g/mol. The van der Waals surface area contributed by atoms with Crippen LogP contribution in [0.15, 0.2) is 0 Å². The lowest BCUT2D eigenvalue weighted by molar-refractivity contribution is -0.149. The van der Waals surface area contributed by atoms with Crippen LogP contribution >= 0.6 is 24.8 Å². The van der Waals surface area contributed by atoms with E-state index < -0.39 is 24.6 Å². The van der Waals surface area contributed by atoms with Gasteiger partial charge in [0.15, 0.2) is 0 Å². The summed E-state index contributed by atoms with van der Waals surface area (Å²) in [7, 11) is 0. The van der Waals surface area contributed by atoms with Gasteiger partial charge < -0.3 is 14.9 Å². The second-order valence-electron chi connectivity index (χ2n) is 2.53. The maximum absolute atomic E-state index is 11.1. The molecule has 4 nitrogen and oxygen atoms in total. The van der Waals surface area contributed by atoms with E-state index in [0.29, 0.717) is 0 Å². The van der Waals surface area contributed by atoms with E-state index in [1.54, 1.807) is 6.92 Å². The standard InChI is InChI=1S/C7H12O4S2/c1-4(7(12)13)6(10)11-3-5(9)2-8/h4-5,8-9H,2-3H2,1H3,(H,12,13). The molecule has 0 aromatic heterocycles. The molecule has 0 saturated heterocycles. The van der Waals surface area contributed by atoms with Gasteiger partial charge in [-0.15, -0.1) is 12.6 Å². The number of hydrogen-bond acceptors (Lipinski definition) is 5. The number of aliphatic hydroxyl groups is 2. The lowest BCUT2D eigenvalue weighted by Crippen LogP contribution is -2.26. The van der Waals surface area contributed by atoms with Crippen LogP contribution in [0.5, 0.6) is 0 Å². The minimum Gasteiger partial charge on any atom is -0.462 e. The van der Waals surface area contributed by atoms with Gasteiger partial charge in [0.25, 0.3) is 0 Å². The van der Waals surface area contributed by atoms with Gasteiger partial charge in [0.05, 0.1) is 16.7 Å². The lowest BCUT2D eigenvalue weighted by Gasteiger charge is -2.11. The molecule has 0 spiro atoms. The molecule has 0 fully saturated rings. The molecule has 76 valence electrons. The Kier molecular flexibility index (Phi) is 6.23. The summed E-state index contributed by atoms with van der Waals surface area (Å²) < 4.78 is 4.87. The van der Waals surface area contributed by atoms with Crippen molar-refractivity contribution in [3.63, 3.8) is 0 Å². The third kappa shape index (κ3) is 5.20. The van der Waals surface area contributed by atoms with Crippen molar-refractivity contribution in [2.24, 2.45) is 5.92 Å². The lowest BCUT2D eigenvalue weighted by atomic mass is 10.2. The Morgan fingerprint density at radius 1 is 1.69 bits per heavy atom. The van der Waals surface area contributed by atoms with Gasteiger partial charge >= 0.3 is 5.97 Å². The summed E-state index contributed by atoms with van der Waals surface area (Å²) in [5, 5.41) is 17.3. The van der Waals surface area contributed by atoms with Gasteiger partial charge in [-0.3, -0.25) is 4.79 Å². The second kappa shape index (κ2) is 6.31. The van der Waals surface area contributed by atoms with Crippen molar-refractivity contribution in [3.8, 4) is 0 Å². The van der Waals surface area contributed by atoms with Gasteiger partial charge in [0, 0.05) is 0 Å². The molecular weight excluding hydrogens is 212 g/mol. The first kappa shape index (κ1) is 12.8. The van der Waals surface area contributed by atoms with Crippen LogP contribution in [0.3, 0.4) is 0 Å². The molecule has 0 bridgehead atoms. The molecule has 0 heterocycles. The summed E-state index contributed by atoms with van der Waals surface area (Å²) in [6, 6.07) is 0. The van der Waals surface area contributed by atoms with Gasteiger partial charge in [-0.05, 0) is 6.92 Å². The largest absolute Gasteiger partial charge is 0.462 e. The van der Waals surface area contributed by atoms with E-state index in [1.807, 2.05) is 0 Å². The van der Waals surface area contributed by atoms with Crippen molar-refractivity contribution in [1.82, 2.24) is 0 Å². The molecule has 0 aliphatic carbocycles. The zero-order valence-corrected chi connectivity index (χ0v) is 8.85. The number of rotatable bonds is 5. The molecule has 13 heavy (non-hydrogen) atoms. The van der Waals surface area contributed by atoms with Crippen LogP contribution < -0.4 is 0 Å². The number of thiocarbonyl (C=S) groups is 1. The van der Waals surface area contributed by atoms with Crippen molar-refractivity contribution in [2.45, 2.75) is 13.0 Å². The summed E-state index contributed by atoms with van der Waals surface area (Å²) in [6.07, 6.45) is -1.04. The van der Waals surface area contributed by atoms with Gasteiger partial charge in [-0.1, -0.05) is 12.2 Å². The summed E-state index contributed by atoms with van der Waals surface area (Å²) >= 11 is 8.47. The fourth-order valence-corrected chi connectivity index (χ4v) is 0.658. The molecule has 0 saturated carbocycles. The van der Waals surface area contributed by atoms with Crippen molar-refractivity contribution in [2.75, 3.05) is 13.2 Å². The quantitative estimate of drug-likeness (QED) is 0.342. The van der Waals surface area contributed by atoms with Crippen LogP contribution in [0.25, 0.3) is 0 Å². The zero-order valence-electron chi connectivity index (χ0n) is 7.14. The minimum atomic E-state index is -1.04. The number of ether oxygens (including phenoxy) is 1. The van der Waals surface area contributed by atoms with Gasteiger partial charge in [-0.2, -0.15) is 0 Å². The Hall–Kier alpha value is -0.170. The maximum Gasteiger partial charge on any atom is 0.314 e. The van der Waals surface area contributed by atoms with E-state index in [4.69, 9.17) is 10.2 Å². The van der Waals surface area contributed by atoms with Crippen LogP contribution in [0.2, 0.25) is 0 Å². The molecule has 0 aliphatic heterocycles. The molecule has 2 atom stereocenters. The molecule has 0 radical (unpaired) electrons. The molecule has 0 aromatic carbocycles. The number of carbonyl (C=O) groups excluding carboxylic acids is 1. The number of esters is 1. The van der Waals surface area contributed by atoms with Gasteiger partial charge in [0.1, 0.15) is 12.7 Å². The fraction of sp³-hybridized carbons (Fsp3) is 0.714. The molecular formula is C7H12O4S2. The smallest absolute Gasteiger partial charge is 0.314 e. The molecule has 0 aromatic rings. The van der Waals surface area contributed by atoms with E-state index in [9.17, 15) is 4.79 Å². The molecule has 0 rings (SSSR count). The second-order valence-corrected chi connectivity index (χ2v) is 3.75. The van der Waals surface area contributed by atoms with Crippen LogP contribution in [-0.4, -0.2) is 39.7 Å². The first-order chi connectivity index (χ1) is 5.99. The minimum absolute atomic E-state index is 0.226. The van der Waals surface area contributed by atoms with Gasteiger partial charge in [0.2, 0.25) is 0 Å². The average Bonchev–Trinajstić information content (AvgIpc) is 2.11. The van der Waals surface area contributed by atoms with Crippen LogP contribution in [-0.2, 0) is 9.53 Å². The molecule has 2 N–H and O–H groups in total. The first-order valence-electron chi connectivity index (χ1n) is 3.67. The number of carbonyl (C=O) groups is 1. The summed E-state index contributed by atoms with van der Waals surface area (Å²) in [5.41, 5.74) is 0. The van der Waals surface area contributed by atoms with E-state index in [2.05, 4.69) is 29.6 Å². The van der Waals surface area contributed by atoms with Crippen molar-refractivity contribution >= 4 is 35.0 Å². The summed E-state index contributed by atoms with van der Waals surface area (Å²) in [5.74, 6) is -1.13. The third-order valence-corrected chi connectivity index (χ3v) is 2.09. The molecule has 0 amide bonds. The molecule has 6 heteroatoms. The number of aliphatic hydroxyl groups excluding tert-OH is 2. The highest BCUT2D eigenvalue weighted by molar-refractivity contribution is 8.11. The summed E-state index contributed by atoms with van der Waals surface area (Å²) in [4.78, 5) is 11.1. The monoisotopic (exact) mass is 224 g/mol. The molecule has 2 unspecified atom stereocenters. The normalized spacial score (nSPS) is 14.8. The van der Waals surface area contributed by atoms with Crippen LogP contribution in [0.4, 0.5) is 0 Å². The third-order valence-electron chi connectivity index (χ3n) is 1.35. The maximum atomic E-state index is 11.1. The SMILES string of the molecule is CC(C(=O)OCC(O)CO)C(=S)S. The number of hydrogen-bond donors (Lipinski definition) is 3. The fourth-order valence-electron chi connectivity index (χ4n) is 0.457. The topological polar surface area (TPSA) is 66.8 Å². The van der Waals surface area contributed by atoms with Gasteiger partial charge in [-0.25, -0.2) is 0 Å². The van der Waals surface area contributed by atoms with Crippen molar-refractivity contribution in [1.29, 1.82) is 0 Å². The van der Waals surface area contributed by atoms with Crippen molar-refractivity contribution in [3.05, 3.63) is 0 Å². The Labute approximate surface area is 87.3 Å². The van der Waals surface area contributed by atoms with Crippen LogP contribution in [0.1, 0.15) is 6.92 Å². The summed E-state index contributed by atoms with van der Waals surface area (Å²) in [6.45, 7) is 0.895. The van der Waals surface area contributed by atoms with E-state index in [1.165, 1.54) is 0 Å². The number of thiol groups is 1. The highest BCUT2D eigenvalue weighted by Gasteiger charge is 2.17. The van der Waals surface area contributed by atoms with Crippen molar-refractivity contribution < 1.29 is 19.7 Å². The zero-order chi connectivity index (χ0) is 10.4. The van der Waals surface area contributed by atoms with E-state index in [-0.39, 0.29) is 10.8 Å². The van der Waals surface area contributed by atoms with E-state index in [0.717, 1.165) is 0 Å². The Bertz CT molecular complexity index is 195. The Morgan fingerprint density at radius 3 is 2.62 bits per heavy atom. The van der Waals surface area contributed by atoms with Crippen LogP contribution in [0, 0.1) is 5.92 Å². The Morgan fingerprint density at radius 2 is 2.23 bits per heavy atom. The predicted octanol–water partition coefficient (Wildman–Crippen LogP) is -0.224. The highest BCUT2D eigenvalue weighted by atomic mass is 32.1.